The van der Waals surface area contributed by atoms with Crippen molar-refractivity contribution in [1.82, 2.24) is 24.9 Å². The minimum Gasteiger partial charge on any atom is -0.368 e. The summed E-state index contributed by atoms with van der Waals surface area (Å²) in [4.78, 5) is 39.7. The van der Waals surface area contributed by atoms with Crippen molar-refractivity contribution < 1.29 is 0 Å². The lowest BCUT2D eigenvalue weighted by Crippen LogP contribution is -2.47. The van der Waals surface area contributed by atoms with E-state index in [1.165, 1.54) is 0 Å². The number of benzene rings is 1. The van der Waals surface area contributed by atoms with Crippen LogP contribution in [0.2, 0.25) is 0 Å². The SMILES string of the molecule is Cc1cc(N2CCN(c3ccc4nc(-c5c6cccccc-6[nH]c5=O)[nH]c4c3)CC2)nc(N(C)C)n1. The van der Waals surface area contributed by atoms with Gasteiger partial charge in [0.25, 0.3) is 5.56 Å². The predicted octanol–water partition coefficient (Wildman–Crippen LogP) is 3.51. The molecule has 0 radical (unpaired) electrons. The highest BCUT2D eigenvalue weighted by Crippen LogP contribution is 2.30. The molecule has 0 unspecified atom stereocenters. The molecule has 0 amide bonds. The summed E-state index contributed by atoms with van der Waals surface area (Å²) in [6, 6.07) is 18.0. The Morgan fingerprint density at radius 2 is 1.64 bits per heavy atom. The first-order valence-electron chi connectivity index (χ1n) is 12.1. The summed E-state index contributed by atoms with van der Waals surface area (Å²) < 4.78 is 0. The van der Waals surface area contributed by atoms with Crippen LogP contribution >= 0.6 is 0 Å². The predicted molar refractivity (Wildman–Crippen MR) is 144 cm³/mol. The second-order valence-corrected chi connectivity index (χ2v) is 9.39. The van der Waals surface area contributed by atoms with E-state index in [2.05, 4.69) is 43.0 Å². The molecule has 6 rings (SSSR count). The van der Waals surface area contributed by atoms with Crippen molar-refractivity contribution in [2.24, 2.45) is 0 Å². The van der Waals surface area contributed by atoms with Gasteiger partial charge in [0, 0.05) is 69.0 Å². The van der Waals surface area contributed by atoms with Crippen molar-refractivity contribution >= 4 is 28.5 Å². The summed E-state index contributed by atoms with van der Waals surface area (Å²) in [7, 11) is 3.92. The molecule has 3 aromatic rings. The van der Waals surface area contributed by atoms with Gasteiger partial charge in [-0.2, -0.15) is 4.98 Å². The molecule has 9 nitrogen and oxygen atoms in total. The van der Waals surface area contributed by atoms with Crippen molar-refractivity contribution in [3.05, 3.63) is 70.6 Å². The monoisotopic (exact) mass is 480 g/mol. The number of piperazine rings is 1. The molecule has 0 saturated carbocycles. The van der Waals surface area contributed by atoms with Crippen LogP contribution in [0, 0.1) is 6.92 Å². The molecular weight excluding hydrogens is 452 g/mol. The van der Waals surface area contributed by atoms with Gasteiger partial charge >= 0.3 is 0 Å². The van der Waals surface area contributed by atoms with Crippen molar-refractivity contribution in [3.8, 4) is 22.6 Å². The van der Waals surface area contributed by atoms with Gasteiger partial charge in [-0.15, -0.1) is 0 Å². The number of hydrogen-bond acceptors (Lipinski definition) is 7. The van der Waals surface area contributed by atoms with Crippen LogP contribution in [0.15, 0.2) is 59.4 Å². The number of anilines is 3. The molecule has 2 aromatic heterocycles. The van der Waals surface area contributed by atoms with Crippen LogP contribution in [0.3, 0.4) is 0 Å². The number of H-pyrrole nitrogens is 2. The zero-order valence-corrected chi connectivity index (χ0v) is 20.6. The standard InChI is InChI=1S/C27H28N8O/c1-17-15-23(32-27(28-17)33(2)3)35-13-11-34(12-14-35)18-9-10-21-22(16-18)30-25(29-21)24-19-7-5-4-6-8-20(19)31-26(24)36/h4-10,15-16H,11-14H2,1-3H3,(H,29,30)(H,31,36). The fourth-order valence-corrected chi connectivity index (χ4v) is 4.82. The lowest BCUT2D eigenvalue weighted by molar-refractivity contribution is 0.646. The summed E-state index contributed by atoms with van der Waals surface area (Å²) >= 11 is 0. The normalized spacial score (nSPS) is 14.1. The molecule has 9 heteroatoms. The van der Waals surface area contributed by atoms with Crippen LogP contribution < -0.4 is 20.3 Å². The maximum Gasteiger partial charge on any atom is 0.260 e. The summed E-state index contributed by atoms with van der Waals surface area (Å²) in [6.07, 6.45) is 0. The second kappa shape index (κ2) is 8.67. The van der Waals surface area contributed by atoms with Gasteiger partial charge in [-0.05, 0) is 31.2 Å². The third-order valence-corrected chi connectivity index (χ3v) is 6.68. The van der Waals surface area contributed by atoms with Crippen molar-refractivity contribution in [2.75, 3.05) is 55.0 Å². The number of nitrogens with zero attached hydrogens (tertiary/aromatic N) is 6. The minimum atomic E-state index is -0.135. The molecule has 1 fully saturated rings. The molecule has 2 aliphatic heterocycles. The fourth-order valence-electron chi connectivity index (χ4n) is 4.82. The number of rotatable bonds is 4. The van der Waals surface area contributed by atoms with E-state index in [0.717, 1.165) is 71.6 Å². The van der Waals surface area contributed by atoms with E-state index < -0.39 is 0 Å². The number of aryl methyl sites for hydroxylation is 1. The molecule has 36 heavy (non-hydrogen) atoms. The van der Waals surface area contributed by atoms with Crippen LogP contribution in [0.25, 0.3) is 33.7 Å². The Morgan fingerprint density at radius 1 is 0.861 bits per heavy atom. The quantitative estimate of drug-likeness (QED) is 0.406. The third-order valence-electron chi connectivity index (χ3n) is 6.68. The Balaban J connectivity index is 1.24. The van der Waals surface area contributed by atoms with Crippen LogP contribution in [0.4, 0.5) is 17.5 Å². The fraction of sp³-hybridized carbons (Fsp3) is 0.259. The number of hydrogen-bond donors (Lipinski definition) is 2. The molecule has 0 spiro atoms. The first-order chi connectivity index (χ1) is 17.5. The van der Waals surface area contributed by atoms with Crippen LogP contribution in [-0.2, 0) is 0 Å². The Hall–Kier alpha value is -4.40. The average Bonchev–Trinajstić information content (AvgIpc) is 3.34. The highest BCUT2D eigenvalue weighted by Gasteiger charge is 2.22. The number of imidazole rings is 1. The molecule has 1 saturated heterocycles. The van der Waals surface area contributed by atoms with E-state index in [1.807, 2.05) is 62.3 Å². The maximum atomic E-state index is 12.7. The number of fused-ring (bicyclic) bond motifs is 2. The topological polar surface area (TPSA) is 97.0 Å². The summed E-state index contributed by atoms with van der Waals surface area (Å²) in [5.41, 5.74) is 5.96. The second-order valence-electron chi connectivity index (χ2n) is 9.39. The highest BCUT2D eigenvalue weighted by molar-refractivity contribution is 5.87. The summed E-state index contributed by atoms with van der Waals surface area (Å²) in [5.74, 6) is 2.29. The van der Waals surface area contributed by atoms with Gasteiger partial charge < -0.3 is 24.7 Å². The summed E-state index contributed by atoms with van der Waals surface area (Å²) in [5, 5.41) is 0. The van der Waals surface area contributed by atoms with Gasteiger partial charge in [0.05, 0.1) is 16.6 Å². The van der Waals surface area contributed by atoms with E-state index >= 15 is 0 Å². The zero-order chi connectivity index (χ0) is 24.8. The van der Waals surface area contributed by atoms with E-state index in [0.29, 0.717) is 11.4 Å². The first kappa shape index (κ1) is 22.1. The molecule has 1 aromatic carbocycles. The van der Waals surface area contributed by atoms with Crippen molar-refractivity contribution in [2.45, 2.75) is 6.92 Å². The lowest BCUT2D eigenvalue weighted by Gasteiger charge is -2.37. The van der Waals surface area contributed by atoms with E-state index in [9.17, 15) is 4.79 Å². The molecule has 1 aliphatic carbocycles. The number of aromatic nitrogens is 5. The van der Waals surface area contributed by atoms with E-state index in [-0.39, 0.29) is 5.56 Å². The van der Waals surface area contributed by atoms with E-state index in [4.69, 9.17) is 9.97 Å². The molecule has 3 aliphatic rings. The van der Waals surface area contributed by atoms with Crippen molar-refractivity contribution in [3.63, 3.8) is 0 Å². The average molecular weight is 481 g/mol. The Labute approximate surface area is 208 Å². The maximum absolute atomic E-state index is 12.7. The largest absolute Gasteiger partial charge is 0.368 e. The van der Waals surface area contributed by atoms with Gasteiger partial charge in [0.15, 0.2) is 0 Å². The number of aromatic amines is 2. The molecule has 2 N–H and O–H groups in total. The third kappa shape index (κ3) is 3.92. The van der Waals surface area contributed by atoms with Gasteiger partial charge in [-0.3, -0.25) is 4.79 Å². The smallest absolute Gasteiger partial charge is 0.260 e. The van der Waals surface area contributed by atoms with Gasteiger partial charge in [0.1, 0.15) is 11.6 Å². The van der Waals surface area contributed by atoms with Gasteiger partial charge in [-0.1, -0.05) is 24.3 Å². The number of nitrogens with one attached hydrogen (secondary N) is 2. The molecule has 182 valence electrons. The molecule has 0 atom stereocenters. The zero-order valence-electron chi connectivity index (χ0n) is 20.6. The van der Waals surface area contributed by atoms with Crippen LogP contribution in [0.5, 0.6) is 0 Å². The Kier molecular flexibility index (Phi) is 5.32. The van der Waals surface area contributed by atoms with Gasteiger partial charge in [-0.25, -0.2) is 9.97 Å². The van der Waals surface area contributed by atoms with Crippen LogP contribution in [0.1, 0.15) is 5.69 Å². The molecule has 0 bridgehead atoms. The minimum absolute atomic E-state index is 0.135. The summed E-state index contributed by atoms with van der Waals surface area (Å²) in [6.45, 7) is 5.53. The first-order valence-corrected chi connectivity index (χ1v) is 12.1. The molecule has 4 heterocycles. The van der Waals surface area contributed by atoms with E-state index in [1.54, 1.807) is 0 Å². The Morgan fingerprint density at radius 3 is 2.44 bits per heavy atom. The van der Waals surface area contributed by atoms with Crippen molar-refractivity contribution in [1.29, 1.82) is 0 Å². The van der Waals surface area contributed by atoms with Gasteiger partial charge in [0.2, 0.25) is 5.95 Å². The highest BCUT2D eigenvalue weighted by atomic mass is 16.1. The molecular formula is C27H28N8O. The van der Waals surface area contributed by atoms with Crippen LogP contribution in [-0.4, -0.2) is 65.2 Å². The lowest BCUT2D eigenvalue weighted by atomic mass is 10.1. The Bertz CT molecular complexity index is 1580.